The lowest BCUT2D eigenvalue weighted by molar-refractivity contribution is 0.0432. The molecule has 0 amide bonds. The number of nitrogens with one attached hydrogen (secondary N) is 1. The summed E-state index contributed by atoms with van der Waals surface area (Å²) in [7, 11) is 1.24. The van der Waals surface area contributed by atoms with E-state index < -0.39 is 11.9 Å². The molecule has 0 atom stereocenters. The van der Waals surface area contributed by atoms with Crippen molar-refractivity contribution in [3.8, 4) is 0 Å². The smallest absolute Gasteiger partial charge is 0.373 e. The number of carbonyl (C=O) groups is 3. The van der Waals surface area contributed by atoms with Crippen LogP contribution in [0.15, 0.2) is 28.8 Å². The van der Waals surface area contributed by atoms with Crippen LogP contribution >= 0.6 is 0 Å². The van der Waals surface area contributed by atoms with Crippen LogP contribution in [-0.4, -0.2) is 29.8 Å². The molecule has 0 saturated heterocycles. The molecular formula is C14H13NO6. The van der Waals surface area contributed by atoms with Gasteiger partial charge in [0.25, 0.3) is 0 Å². The summed E-state index contributed by atoms with van der Waals surface area (Å²) in [6.45, 7) is 1.26. The zero-order valence-corrected chi connectivity index (χ0v) is 11.5. The van der Waals surface area contributed by atoms with E-state index in [1.165, 1.54) is 38.4 Å². The molecule has 21 heavy (non-hydrogen) atoms. The second-order valence-corrected chi connectivity index (χ2v) is 4.19. The monoisotopic (exact) mass is 291 g/mol. The second kappa shape index (κ2) is 6.08. The van der Waals surface area contributed by atoms with Crippen LogP contribution in [0.25, 0.3) is 0 Å². The van der Waals surface area contributed by atoms with Gasteiger partial charge in [-0.3, -0.25) is 4.79 Å². The average molecular weight is 291 g/mol. The van der Waals surface area contributed by atoms with Crippen LogP contribution in [-0.2, 0) is 16.1 Å². The van der Waals surface area contributed by atoms with Gasteiger partial charge in [-0.05, 0) is 25.1 Å². The van der Waals surface area contributed by atoms with Gasteiger partial charge < -0.3 is 18.9 Å². The van der Waals surface area contributed by atoms with Crippen molar-refractivity contribution < 1.29 is 28.3 Å². The quantitative estimate of drug-likeness (QED) is 0.667. The number of ketones is 1. The number of methoxy groups -OCH3 is 1. The normalized spacial score (nSPS) is 10.2. The van der Waals surface area contributed by atoms with Gasteiger partial charge in [0.05, 0.1) is 7.11 Å². The molecule has 0 aliphatic carbocycles. The highest BCUT2D eigenvalue weighted by Gasteiger charge is 2.15. The first kappa shape index (κ1) is 14.6. The molecule has 2 aromatic heterocycles. The minimum Gasteiger partial charge on any atom is -0.463 e. The van der Waals surface area contributed by atoms with Gasteiger partial charge in [-0.15, -0.1) is 0 Å². The SMILES string of the molecule is COC(=O)c1ccc(COC(=O)c2cc(C(C)=O)c[nH]2)o1. The van der Waals surface area contributed by atoms with E-state index in [2.05, 4.69) is 9.72 Å². The number of ether oxygens (including phenoxy) is 2. The summed E-state index contributed by atoms with van der Waals surface area (Å²) in [5.41, 5.74) is 0.563. The van der Waals surface area contributed by atoms with Crippen molar-refractivity contribution in [1.82, 2.24) is 4.98 Å². The first-order valence-corrected chi connectivity index (χ1v) is 6.04. The number of aromatic nitrogens is 1. The van der Waals surface area contributed by atoms with E-state index in [0.717, 1.165) is 0 Å². The molecule has 0 aliphatic rings. The van der Waals surface area contributed by atoms with Gasteiger partial charge in [0.15, 0.2) is 5.78 Å². The minimum atomic E-state index is -0.626. The highest BCUT2D eigenvalue weighted by Crippen LogP contribution is 2.12. The Morgan fingerprint density at radius 3 is 2.62 bits per heavy atom. The highest BCUT2D eigenvalue weighted by molar-refractivity contribution is 5.97. The molecule has 2 aromatic rings. The third kappa shape index (κ3) is 3.38. The molecule has 0 aliphatic heterocycles. The number of hydrogen-bond acceptors (Lipinski definition) is 6. The van der Waals surface area contributed by atoms with E-state index in [-0.39, 0.29) is 23.8 Å². The summed E-state index contributed by atoms with van der Waals surface area (Å²) in [5.74, 6) is -1.05. The molecule has 2 heterocycles. The zero-order chi connectivity index (χ0) is 15.4. The number of furan rings is 1. The summed E-state index contributed by atoms with van der Waals surface area (Å²) >= 11 is 0. The number of H-pyrrole nitrogens is 1. The van der Waals surface area contributed by atoms with E-state index in [1.54, 1.807) is 0 Å². The molecule has 7 heteroatoms. The second-order valence-electron chi connectivity index (χ2n) is 4.19. The first-order valence-electron chi connectivity index (χ1n) is 6.04. The number of rotatable bonds is 5. The Bertz CT molecular complexity index is 681. The molecule has 0 saturated carbocycles. The van der Waals surface area contributed by atoms with E-state index in [9.17, 15) is 14.4 Å². The molecule has 1 N–H and O–H groups in total. The molecule has 2 rings (SSSR count). The van der Waals surface area contributed by atoms with Gasteiger partial charge in [0, 0.05) is 11.8 Å². The molecule has 0 spiro atoms. The Morgan fingerprint density at radius 2 is 2.00 bits per heavy atom. The van der Waals surface area contributed by atoms with Crippen LogP contribution in [0, 0.1) is 0 Å². The van der Waals surface area contributed by atoms with Crippen molar-refractivity contribution in [1.29, 1.82) is 0 Å². The molecule has 110 valence electrons. The topological polar surface area (TPSA) is 98.6 Å². The number of Topliss-reactive ketones (excluding diaryl/α,β-unsaturated/α-hetero) is 1. The third-order valence-corrected chi connectivity index (χ3v) is 2.70. The minimum absolute atomic E-state index is 0.0299. The van der Waals surface area contributed by atoms with Crippen molar-refractivity contribution in [2.45, 2.75) is 13.5 Å². The molecule has 0 radical (unpaired) electrons. The number of esters is 2. The Hall–Kier alpha value is -2.83. The van der Waals surface area contributed by atoms with Gasteiger partial charge in [-0.1, -0.05) is 0 Å². The predicted molar refractivity (Wildman–Crippen MR) is 70.0 cm³/mol. The summed E-state index contributed by atoms with van der Waals surface area (Å²) in [6.07, 6.45) is 1.43. The molecule has 7 nitrogen and oxygen atoms in total. The fourth-order valence-corrected chi connectivity index (χ4v) is 1.60. The van der Waals surface area contributed by atoms with Gasteiger partial charge in [0.2, 0.25) is 5.76 Å². The maximum absolute atomic E-state index is 11.8. The van der Waals surface area contributed by atoms with Crippen molar-refractivity contribution in [3.05, 3.63) is 47.2 Å². The van der Waals surface area contributed by atoms with Gasteiger partial charge in [0.1, 0.15) is 18.1 Å². The Labute approximate surface area is 119 Å². The fourth-order valence-electron chi connectivity index (χ4n) is 1.60. The average Bonchev–Trinajstić information content (AvgIpc) is 3.12. The van der Waals surface area contributed by atoms with E-state index in [0.29, 0.717) is 11.3 Å². The van der Waals surface area contributed by atoms with Crippen molar-refractivity contribution >= 4 is 17.7 Å². The fraction of sp³-hybridized carbons (Fsp3) is 0.214. The van der Waals surface area contributed by atoms with Gasteiger partial charge in [-0.2, -0.15) is 0 Å². The maximum Gasteiger partial charge on any atom is 0.373 e. The molecule has 0 unspecified atom stereocenters. The lowest BCUT2D eigenvalue weighted by atomic mass is 10.2. The van der Waals surface area contributed by atoms with E-state index >= 15 is 0 Å². The highest BCUT2D eigenvalue weighted by atomic mass is 16.6. The number of carbonyl (C=O) groups excluding carboxylic acids is 3. The van der Waals surface area contributed by atoms with Crippen LogP contribution in [0.4, 0.5) is 0 Å². The first-order chi connectivity index (χ1) is 10.0. The maximum atomic E-state index is 11.8. The van der Waals surface area contributed by atoms with Crippen molar-refractivity contribution in [3.63, 3.8) is 0 Å². The van der Waals surface area contributed by atoms with Crippen molar-refractivity contribution in [2.75, 3.05) is 7.11 Å². The predicted octanol–water partition coefficient (Wildman–Crippen LogP) is 1.95. The number of hydrogen-bond donors (Lipinski definition) is 1. The van der Waals surface area contributed by atoms with Gasteiger partial charge in [-0.25, -0.2) is 9.59 Å². The lowest BCUT2D eigenvalue weighted by Crippen LogP contribution is -2.05. The molecule has 0 bridgehead atoms. The Balaban J connectivity index is 1.95. The van der Waals surface area contributed by atoms with Crippen LogP contribution in [0.2, 0.25) is 0 Å². The number of aromatic amines is 1. The van der Waals surface area contributed by atoms with E-state index in [4.69, 9.17) is 9.15 Å². The summed E-state index contributed by atoms with van der Waals surface area (Å²) in [5, 5.41) is 0. The van der Waals surface area contributed by atoms with Crippen LogP contribution in [0.3, 0.4) is 0 Å². The van der Waals surface area contributed by atoms with Crippen LogP contribution < -0.4 is 0 Å². The third-order valence-electron chi connectivity index (χ3n) is 2.70. The Kier molecular flexibility index (Phi) is 4.22. The summed E-state index contributed by atoms with van der Waals surface area (Å²) < 4.78 is 14.6. The van der Waals surface area contributed by atoms with Crippen molar-refractivity contribution in [2.24, 2.45) is 0 Å². The molecule has 0 fully saturated rings. The molecular weight excluding hydrogens is 278 g/mol. The zero-order valence-electron chi connectivity index (χ0n) is 11.5. The summed E-state index contributed by atoms with van der Waals surface area (Å²) in [6, 6.07) is 4.35. The molecule has 0 aromatic carbocycles. The largest absolute Gasteiger partial charge is 0.463 e. The van der Waals surface area contributed by atoms with Crippen LogP contribution in [0.5, 0.6) is 0 Å². The van der Waals surface area contributed by atoms with Crippen LogP contribution in [0.1, 0.15) is 44.1 Å². The Morgan fingerprint density at radius 1 is 1.24 bits per heavy atom. The van der Waals surface area contributed by atoms with E-state index in [1.807, 2.05) is 0 Å². The standard InChI is InChI=1S/C14H13NO6/c1-8(16)9-5-11(15-6-9)13(17)20-7-10-3-4-12(21-10)14(18)19-2/h3-6,15H,7H2,1-2H3. The lowest BCUT2D eigenvalue weighted by Gasteiger charge is -2.00. The summed E-state index contributed by atoms with van der Waals surface area (Å²) in [4.78, 5) is 36.7. The van der Waals surface area contributed by atoms with Gasteiger partial charge >= 0.3 is 11.9 Å².